The predicted molar refractivity (Wildman–Crippen MR) is 162 cm³/mol. The number of nitrogens with one attached hydrogen (secondary N) is 1. The number of carbonyl (C=O) groups is 3. The molecule has 0 saturated carbocycles. The Balaban J connectivity index is 1.84. The van der Waals surface area contributed by atoms with E-state index in [2.05, 4.69) is 5.32 Å². The smallest absolute Gasteiger partial charge is 0.246 e. The molecule has 8 heteroatoms. The number of fused-ring (bicyclic) bond motifs is 1. The maximum atomic E-state index is 13.9. The average molecular weight is 544 g/mol. The molecular weight excluding hydrogens is 502 g/mol. The Morgan fingerprint density at radius 3 is 2.33 bits per heavy atom. The van der Waals surface area contributed by atoms with Crippen molar-refractivity contribution < 1.29 is 14.4 Å². The van der Waals surface area contributed by atoms with Crippen LogP contribution in [0.2, 0.25) is 0 Å². The zero-order valence-corrected chi connectivity index (χ0v) is 23.9. The van der Waals surface area contributed by atoms with E-state index in [1.165, 1.54) is 11.0 Å². The van der Waals surface area contributed by atoms with E-state index in [-0.39, 0.29) is 24.3 Å². The van der Waals surface area contributed by atoms with Crippen molar-refractivity contribution >= 4 is 34.2 Å². The molecule has 0 aromatic heterocycles. The van der Waals surface area contributed by atoms with E-state index in [0.29, 0.717) is 31.5 Å². The highest BCUT2D eigenvalue weighted by Crippen LogP contribution is 2.22. The normalized spacial score (nSPS) is 12.3. The lowest BCUT2D eigenvalue weighted by Gasteiger charge is -2.31. The summed E-state index contributed by atoms with van der Waals surface area (Å²) in [5, 5.41) is 4.94. The van der Waals surface area contributed by atoms with Crippen LogP contribution < -0.4 is 16.8 Å². The number of hydrogen-bond donors (Lipinski definition) is 3. The van der Waals surface area contributed by atoms with Crippen LogP contribution in [0.5, 0.6) is 0 Å². The second kappa shape index (κ2) is 13.9. The maximum absolute atomic E-state index is 13.9. The van der Waals surface area contributed by atoms with Crippen molar-refractivity contribution in [1.29, 1.82) is 0 Å². The summed E-state index contributed by atoms with van der Waals surface area (Å²) < 4.78 is 0. The Kier molecular flexibility index (Phi) is 10.6. The molecule has 0 aliphatic heterocycles. The number of rotatable bonds is 12. The summed E-state index contributed by atoms with van der Waals surface area (Å²) >= 11 is 0. The van der Waals surface area contributed by atoms with Gasteiger partial charge in [0.1, 0.15) is 6.04 Å². The van der Waals surface area contributed by atoms with Gasteiger partial charge in [-0.2, -0.15) is 0 Å². The number of likely N-dealkylation sites (N-methyl/N-ethyl adjacent to an activating group) is 2. The lowest BCUT2D eigenvalue weighted by molar-refractivity contribution is -0.141. The third-order valence-corrected chi connectivity index (χ3v) is 6.87. The molecule has 0 aliphatic rings. The molecule has 5 N–H and O–H groups in total. The highest BCUT2D eigenvalue weighted by molar-refractivity contribution is 5.94. The fourth-order valence-corrected chi connectivity index (χ4v) is 4.52. The first-order chi connectivity index (χ1) is 19.0. The van der Waals surface area contributed by atoms with Crippen molar-refractivity contribution in [2.75, 3.05) is 32.5 Å². The van der Waals surface area contributed by atoms with Crippen LogP contribution >= 0.6 is 0 Å². The molecule has 0 fully saturated rings. The van der Waals surface area contributed by atoms with Crippen LogP contribution in [0, 0.1) is 0 Å². The van der Waals surface area contributed by atoms with Gasteiger partial charge in [-0.3, -0.25) is 14.4 Å². The SMILES string of the molecule is CN(CCc1ccccc1NC(=O)CN)C(=O)[C@@H](Cc1cccc2ccccc12)N(C)C(=O)/C=C/CC(C)(C)N. The number of benzene rings is 3. The van der Waals surface area contributed by atoms with E-state index in [0.717, 1.165) is 21.9 Å². The third kappa shape index (κ3) is 8.49. The van der Waals surface area contributed by atoms with Crippen LogP contribution in [0.3, 0.4) is 0 Å². The van der Waals surface area contributed by atoms with Crippen molar-refractivity contribution in [3.63, 3.8) is 0 Å². The molecule has 8 nitrogen and oxygen atoms in total. The molecule has 0 spiro atoms. The van der Waals surface area contributed by atoms with Gasteiger partial charge in [0.2, 0.25) is 17.7 Å². The third-order valence-electron chi connectivity index (χ3n) is 6.87. The summed E-state index contributed by atoms with van der Waals surface area (Å²) in [6.07, 6.45) is 4.68. The second-order valence-corrected chi connectivity index (χ2v) is 10.8. The quantitative estimate of drug-likeness (QED) is 0.302. The predicted octanol–water partition coefficient (Wildman–Crippen LogP) is 3.49. The van der Waals surface area contributed by atoms with E-state index in [4.69, 9.17) is 11.5 Å². The summed E-state index contributed by atoms with van der Waals surface area (Å²) in [5.41, 5.74) is 13.6. The summed E-state index contributed by atoms with van der Waals surface area (Å²) in [5.74, 6) is -0.704. The number of nitrogens with two attached hydrogens (primary N) is 2. The van der Waals surface area contributed by atoms with Gasteiger partial charge in [0.15, 0.2) is 0 Å². The molecule has 0 bridgehead atoms. The van der Waals surface area contributed by atoms with Gasteiger partial charge in [-0.05, 0) is 60.7 Å². The number of anilines is 1. The monoisotopic (exact) mass is 543 g/mol. The van der Waals surface area contributed by atoms with E-state index in [9.17, 15) is 14.4 Å². The van der Waals surface area contributed by atoms with E-state index < -0.39 is 11.6 Å². The maximum Gasteiger partial charge on any atom is 0.246 e. The van der Waals surface area contributed by atoms with Gasteiger partial charge >= 0.3 is 0 Å². The topological polar surface area (TPSA) is 122 Å². The molecule has 0 heterocycles. The second-order valence-electron chi connectivity index (χ2n) is 10.8. The molecule has 3 aromatic carbocycles. The van der Waals surface area contributed by atoms with Gasteiger partial charge in [0.05, 0.1) is 6.54 Å². The first kappa shape index (κ1) is 30.5. The van der Waals surface area contributed by atoms with Gasteiger partial charge < -0.3 is 26.6 Å². The van der Waals surface area contributed by atoms with Crippen LogP contribution in [-0.4, -0.2) is 66.3 Å². The number of hydrogen-bond acceptors (Lipinski definition) is 5. The molecule has 3 amide bonds. The highest BCUT2D eigenvalue weighted by atomic mass is 16.2. The van der Waals surface area contributed by atoms with Crippen LogP contribution in [0.4, 0.5) is 5.69 Å². The average Bonchev–Trinajstić information content (AvgIpc) is 2.93. The van der Waals surface area contributed by atoms with Crippen LogP contribution in [0.25, 0.3) is 10.8 Å². The molecule has 40 heavy (non-hydrogen) atoms. The standard InChI is InChI=1S/C32H41N5O3/c1-32(2,34)19-10-17-30(39)37(4)28(21-25-14-9-13-23-11-5-7-15-26(23)25)31(40)36(3)20-18-24-12-6-8-16-27(24)35-29(38)22-33/h5-17,28H,18-22,33-34H2,1-4H3,(H,35,38)/b17-10+/t28-/m1/s1. The van der Waals surface area contributed by atoms with Crippen molar-refractivity contribution in [2.45, 2.75) is 44.7 Å². The van der Waals surface area contributed by atoms with Gasteiger partial charge in [0, 0.05) is 38.3 Å². The summed E-state index contributed by atoms with van der Waals surface area (Å²) in [6, 6.07) is 20.8. The Labute approximate surface area is 237 Å². The molecule has 0 saturated heterocycles. The Morgan fingerprint density at radius 2 is 1.60 bits per heavy atom. The van der Waals surface area contributed by atoms with E-state index in [1.807, 2.05) is 80.6 Å². The number of carbonyl (C=O) groups excluding carboxylic acids is 3. The van der Waals surface area contributed by atoms with Gasteiger partial charge in [-0.1, -0.05) is 66.7 Å². The van der Waals surface area contributed by atoms with Gasteiger partial charge in [-0.15, -0.1) is 0 Å². The van der Waals surface area contributed by atoms with Crippen LogP contribution in [0.1, 0.15) is 31.4 Å². The van der Waals surface area contributed by atoms with E-state index in [1.54, 1.807) is 25.1 Å². The molecule has 0 radical (unpaired) electrons. The summed E-state index contributed by atoms with van der Waals surface area (Å²) in [6.45, 7) is 4.08. The Bertz CT molecular complexity index is 1360. The van der Waals surface area contributed by atoms with Gasteiger partial charge in [0.25, 0.3) is 0 Å². The molecule has 3 rings (SSSR count). The number of para-hydroxylation sites is 1. The first-order valence-electron chi connectivity index (χ1n) is 13.5. The molecule has 1 atom stereocenters. The van der Waals surface area contributed by atoms with Crippen molar-refractivity contribution in [1.82, 2.24) is 9.80 Å². The number of amides is 3. The zero-order valence-electron chi connectivity index (χ0n) is 23.9. The molecule has 0 aliphatic carbocycles. The molecule has 0 unspecified atom stereocenters. The lowest BCUT2D eigenvalue weighted by Crippen LogP contribution is -2.49. The molecule has 212 valence electrons. The molecular formula is C32H41N5O3. The van der Waals surface area contributed by atoms with Gasteiger partial charge in [-0.25, -0.2) is 0 Å². The molecule has 3 aromatic rings. The van der Waals surface area contributed by atoms with Crippen LogP contribution in [0.15, 0.2) is 78.9 Å². The van der Waals surface area contributed by atoms with Crippen molar-refractivity contribution in [3.05, 3.63) is 90.0 Å². The largest absolute Gasteiger partial charge is 0.344 e. The summed E-state index contributed by atoms with van der Waals surface area (Å²) in [4.78, 5) is 42.1. The fraction of sp³-hybridized carbons (Fsp3) is 0.344. The fourth-order valence-electron chi connectivity index (χ4n) is 4.52. The summed E-state index contributed by atoms with van der Waals surface area (Å²) in [7, 11) is 3.41. The Morgan fingerprint density at radius 1 is 0.950 bits per heavy atom. The minimum atomic E-state index is -0.717. The first-order valence-corrected chi connectivity index (χ1v) is 13.5. The lowest BCUT2D eigenvalue weighted by atomic mass is 9.97. The van der Waals surface area contributed by atoms with E-state index >= 15 is 0 Å². The van der Waals surface area contributed by atoms with Crippen molar-refractivity contribution in [2.24, 2.45) is 11.5 Å². The highest BCUT2D eigenvalue weighted by Gasteiger charge is 2.29. The van der Waals surface area contributed by atoms with Crippen LogP contribution in [-0.2, 0) is 27.2 Å². The zero-order chi connectivity index (χ0) is 29.3. The van der Waals surface area contributed by atoms with Crippen molar-refractivity contribution in [3.8, 4) is 0 Å². The minimum absolute atomic E-state index is 0.111. The minimum Gasteiger partial charge on any atom is -0.344 e. The number of nitrogens with zero attached hydrogens (tertiary/aromatic N) is 2. The Hall–Kier alpha value is -4.01.